The molecule has 0 unspecified atom stereocenters. The van der Waals surface area contributed by atoms with Crippen molar-refractivity contribution < 1.29 is 18.0 Å². The number of benzene rings is 1. The van der Waals surface area contributed by atoms with Gasteiger partial charge >= 0.3 is 6.18 Å². The second-order valence-corrected chi connectivity index (χ2v) is 9.03. The highest BCUT2D eigenvalue weighted by molar-refractivity contribution is 7.09. The molecule has 3 aromatic rings. The summed E-state index contributed by atoms with van der Waals surface area (Å²) in [7, 11) is 0. The summed E-state index contributed by atoms with van der Waals surface area (Å²) < 4.78 is 39.6. The van der Waals surface area contributed by atoms with Crippen LogP contribution in [0.4, 0.5) is 13.2 Å². The summed E-state index contributed by atoms with van der Waals surface area (Å²) in [4.78, 5) is 19.2. The number of carbonyl (C=O) groups is 1. The molecular weight excluding hydrogens is 437 g/mol. The first-order chi connectivity index (χ1) is 15.3. The fraction of sp³-hybridized carbons (Fsp3) is 0.435. The number of rotatable bonds is 6. The van der Waals surface area contributed by atoms with Gasteiger partial charge in [-0.25, -0.2) is 4.98 Å². The molecule has 3 heterocycles. The maximum atomic E-state index is 12.8. The monoisotopic (exact) mass is 462 g/mol. The summed E-state index contributed by atoms with van der Waals surface area (Å²) in [5, 5.41) is 6.79. The molecule has 0 radical (unpaired) electrons. The summed E-state index contributed by atoms with van der Waals surface area (Å²) >= 11 is 1.68. The summed E-state index contributed by atoms with van der Waals surface area (Å²) in [6, 6.07) is 11.3. The Labute approximate surface area is 188 Å². The Hall–Kier alpha value is -2.68. The van der Waals surface area contributed by atoms with Crippen molar-refractivity contribution in [1.82, 2.24) is 19.7 Å². The van der Waals surface area contributed by atoms with E-state index in [1.54, 1.807) is 16.2 Å². The number of halogens is 3. The van der Waals surface area contributed by atoms with E-state index in [9.17, 15) is 18.0 Å². The smallest absolute Gasteiger partial charge is 0.341 e. The van der Waals surface area contributed by atoms with Crippen LogP contribution < -0.4 is 0 Å². The molecule has 0 N–H and O–H groups in total. The number of piperidine rings is 1. The van der Waals surface area contributed by atoms with Crippen LogP contribution in [-0.4, -0.2) is 38.7 Å². The van der Waals surface area contributed by atoms with E-state index in [-0.39, 0.29) is 12.5 Å². The number of aromatic nitrogens is 3. The number of hydrogen-bond donors (Lipinski definition) is 0. The van der Waals surface area contributed by atoms with Gasteiger partial charge in [0, 0.05) is 30.1 Å². The van der Waals surface area contributed by atoms with Gasteiger partial charge in [-0.1, -0.05) is 30.3 Å². The van der Waals surface area contributed by atoms with Crippen molar-refractivity contribution in [2.24, 2.45) is 0 Å². The van der Waals surface area contributed by atoms with Gasteiger partial charge in [-0.15, -0.1) is 11.3 Å². The molecule has 1 aliphatic heterocycles. The number of nitrogens with zero attached hydrogens (tertiary/aromatic N) is 4. The molecule has 0 bridgehead atoms. The van der Waals surface area contributed by atoms with Gasteiger partial charge in [0.2, 0.25) is 5.91 Å². The zero-order chi connectivity index (χ0) is 22.7. The number of likely N-dealkylation sites (tertiary alicyclic amines) is 1. The van der Waals surface area contributed by atoms with E-state index in [1.807, 2.05) is 18.2 Å². The number of aryl methyl sites for hydroxylation is 3. The van der Waals surface area contributed by atoms with Gasteiger partial charge in [0.15, 0.2) is 5.69 Å². The van der Waals surface area contributed by atoms with Crippen molar-refractivity contribution in [3.63, 3.8) is 0 Å². The van der Waals surface area contributed by atoms with Crippen LogP contribution in [0, 0.1) is 6.92 Å². The molecule has 1 amide bonds. The van der Waals surface area contributed by atoms with Crippen LogP contribution in [0.25, 0.3) is 0 Å². The SMILES string of the molecule is Cc1cc(C(F)(F)F)nn1CC(=O)N1CCC(c2nc(CCc3ccccc3)cs2)CC1. The van der Waals surface area contributed by atoms with Gasteiger partial charge in [-0.05, 0) is 44.2 Å². The van der Waals surface area contributed by atoms with E-state index in [0.717, 1.165) is 47.1 Å². The highest BCUT2D eigenvalue weighted by atomic mass is 32.1. The molecule has 0 atom stereocenters. The van der Waals surface area contributed by atoms with Crippen LogP contribution >= 0.6 is 11.3 Å². The van der Waals surface area contributed by atoms with E-state index < -0.39 is 11.9 Å². The van der Waals surface area contributed by atoms with Crippen LogP contribution in [0.5, 0.6) is 0 Å². The first-order valence-electron chi connectivity index (χ1n) is 10.7. The van der Waals surface area contributed by atoms with E-state index in [2.05, 4.69) is 22.6 Å². The van der Waals surface area contributed by atoms with Crippen LogP contribution in [0.2, 0.25) is 0 Å². The molecule has 0 spiro atoms. The summed E-state index contributed by atoms with van der Waals surface area (Å²) in [5.41, 5.74) is 1.75. The van der Waals surface area contributed by atoms with Gasteiger partial charge in [0.1, 0.15) is 6.54 Å². The van der Waals surface area contributed by atoms with Crippen LogP contribution in [0.1, 0.15) is 46.4 Å². The molecule has 1 saturated heterocycles. The molecule has 32 heavy (non-hydrogen) atoms. The van der Waals surface area contributed by atoms with E-state index >= 15 is 0 Å². The van der Waals surface area contributed by atoms with Crippen LogP contribution in [0.3, 0.4) is 0 Å². The van der Waals surface area contributed by atoms with Gasteiger partial charge in [-0.3, -0.25) is 9.48 Å². The fourth-order valence-corrected chi connectivity index (χ4v) is 4.98. The highest BCUT2D eigenvalue weighted by Crippen LogP contribution is 2.31. The second-order valence-electron chi connectivity index (χ2n) is 8.14. The second kappa shape index (κ2) is 9.44. The molecule has 2 aromatic heterocycles. The lowest BCUT2D eigenvalue weighted by molar-refractivity contribution is -0.142. The van der Waals surface area contributed by atoms with Gasteiger partial charge in [0.05, 0.1) is 10.7 Å². The molecule has 5 nitrogen and oxygen atoms in total. The Morgan fingerprint density at radius 3 is 2.53 bits per heavy atom. The van der Waals surface area contributed by atoms with Gasteiger partial charge in [0.25, 0.3) is 0 Å². The Morgan fingerprint density at radius 2 is 1.88 bits per heavy atom. The number of alkyl halides is 3. The zero-order valence-corrected chi connectivity index (χ0v) is 18.6. The normalized spacial score (nSPS) is 15.3. The molecule has 9 heteroatoms. The van der Waals surface area contributed by atoms with E-state index in [4.69, 9.17) is 4.98 Å². The van der Waals surface area contributed by atoms with E-state index in [1.165, 1.54) is 12.5 Å². The lowest BCUT2D eigenvalue weighted by Crippen LogP contribution is -2.40. The quantitative estimate of drug-likeness (QED) is 0.526. The maximum absolute atomic E-state index is 12.8. The first-order valence-corrected chi connectivity index (χ1v) is 11.5. The topological polar surface area (TPSA) is 51.0 Å². The largest absolute Gasteiger partial charge is 0.435 e. The van der Waals surface area contributed by atoms with Crippen molar-refractivity contribution >= 4 is 17.2 Å². The van der Waals surface area contributed by atoms with Crippen molar-refractivity contribution in [3.8, 4) is 0 Å². The zero-order valence-electron chi connectivity index (χ0n) is 17.8. The predicted octanol–water partition coefficient (Wildman–Crippen LogP) is 4.86. The molecule has 170 valence electrons. The third kappa shape index (κ3) is 5.38. The average Bonchev–Trinajstić information content (AvgIpc) is 3.40. The van der Waals surface area contributed by atoms with Crippen molar-refractivity contribution in [2.45, 2.75) is 51.2 Å². The minimum atomic E-state index is -4.51. The van der Waals surface area contributed by atoms with Crippen LogP contribution in [0.15, 0.2) is 41.8 Å². The van der Waals surface area contributed by atoms with Gasteiger partial charge in [-0.2, -0.15) is 18.3 Å². The average molecular weight is 463 g/mol. The Bertz CT molecular complexity index is 1050. The Kier molecular flexibility index (Phi) is 6.64. The third-order valence-electron chi connectivity index (χ3n) is 5.84. The summed E-state index contributed by atoms with van der Waals surface area (Å²) in [6.07, 6.45) is -1.03. The lowest BCUT2D eigenvalue weighted by atomic mass is 9.97. The number of amides is 1. The van der Waals surface area contributed by atoms with Crippen LogP contribution in [-0.2, 0) is 30.4 Å². The lowest BCUT2D eigenvalue weighted by Gasteiger charge is -2.31. The molecule has 1 aromatic carbocycles. The number of hydrogen-bond acceptors (Lipinski definition) is 4. The summed E-state index contributed by atoms with van der Waals surface area (Å²) in [5.74, 6) is 0.115. The molecule has 1 aliphatic rings. The minimum absolute atomic E-state index is 0.173. The summed E-state index contributed by atoms with van der Waals surface area (Å²) in [6.45, 7) is 2.51. The van der Waals surface area contributed by atoms with Crippen molar-refractivity contribution in [1.29, 1.82) is 0 Å². The predicted molar refractivity (Wildman–Crippen MR) is 116 cm³/mol. The fourth-order valence-electron chi connectivity index (χ4n) is 3.95. The van der Waals surface area contributed by atoms with Crippen molar-refractivity contribution in [3.05, 3.63) is 69.4 Å². The molecule has 4 rings (SSSR count). The standard InChI is InChI=1S/C23H25F3N4OS/c1-16-13-20(23(24,25)26)28-30(16)14-21(31)29-11-9-18(10-12-29)22-27-19(15-32-22)8-7-17-5-3-2-4-6-17/h2-6,13,15,18H,7-12,14H2,1H3. The highest BCUT2D eigenvalue weighted by Gasteiger charge is 2.35. The third-order valence-corrected chi connectivity index (χ3v) is 6.89. The molecule has 0 aliphatic carbocycles. The molecular formula is C23H25F3N4OS. The maximum Gasteiger partial charge on any atom is 0.435 e. The molecule has 0 saturated carbocycles. The minimum Gasteiger partial charge on any atom is -0.341 e. The van der Waals surface area contributed by atoms with E-state index in [0.29, 0.717) is 24.7 Å². The molecule has 1 fully saturated rings. The Balaban J connectivity index is 1.28. The first kappa shape index (κ1) is 22.5. The Morgan fingerprint density at radius 1 is 1.16 bits per heavy atom. The van der Waals surface area contributed by atoms with Crippen molar-refractivity contribution in [2.75, 3.05) is 13.1 Å². The number of thiazole rings is 1. The van der Waals surface area contributed by atoms with Gasteiger partial charge < -0.3 is 4.90 Å². The number of carbonyl (C=O) groups excluding carboxylic acids is 1.